The van der Waals surface area contributed by atoms with Crippen LogP contribution < -0.4 is 0 Å². The first-order valence-corrected chi connectivity index (χ1v) is 3.13. The number of aliphatic hydroxyl groups is 1. The maximum absolute atomic E-state index is 8.85. The van der Waals surface area contributed by atoms with Crippen LogP contribution in [0.15, 0.2) is 41.4 Å². The van der Waals surface area contributed by atoms with E-state index in [9.17, 15) is 0 Å². The molecular formula is C9H9O+. The average Bonchev–Trinajstić information content (AvgIpc) is 1.88. The smallest absolute Gasteiger partial charge is 0.142 e. The van der Waals surface area contributed by atoms with Gasteiger partial charge in [-0.1, -0.05) is 0 Å². The van der Waals surface area contributed by atoms with Crippen molar-refractivity contribution in [1.29, 1.82) is 0 Å². The predicted octanol–water partition coefficient (Wildman–Crippen LogP) is 2.30. The lowest BCUT2D eigenvalue weighted by molar-refractivity contribution is 0.414. The van der Waals surface area contributed by atoms with Crippen LogP contribution in [-0.4, -0.2) is 5.11 Å². The van der Waals surface area contributed by atoms with Crippen molar-refractivity contribution in [2.45, 2.75) is 6.92 Å². The first kappa shape index (κ1) is 6.79. The van der Waals surface area contributed by atoms with Gasteiger partial charge < -0.3 is 5.11 Å². The van der Waals surface area contributed by atoms with Crippen molar-refractivity contribution in [1.82, 2.24) is 0 Å². The first-order chi connectivity index (χ1) is 4.79. The number of allylic oxidation sites excluding steroid dienone is 5. The normalized spacial score (nSPS) is 16.5. The van der Waals surface area contributed by atoms with Gasteiger partial charge in [-0.3, -0.25) is 0 Å². The zero-order valence-electron chi connectivity index (χ0n) is 5.83. The summed E-state index contributed by atoms with van der Waals surface area (Å²) in [4.78, 5) is 0. The molecule has 10 heavy (non-hydrogen) atoms. The van der Waals surface area contributed by atoms with Crippen LogP contribution in [0.2, 0.25) is 0 Å². The second kappa shape index (κ2) is 3.00. The molecule has 0 atom stereocenters. The summed E-state index contributed by atoms with van der Waals surface area (Å²) in [7, 11) is 0. The molecule has 0 aromatic heterocycles. The standard InChI is InChI=1S/C9H8O/c1-8(10)7-9-5-3-2-4-6-9/h2-5,7H,1H3/p+1/b8-7+. The minimum absolute atomic E-state index is 0.308. The quantitative estimate of drug-likeness (QED) is 0.330. The second-order valence-electron chi connectivity index (χ2n) is 2.10. The Kier molecular flexibility index (Phi) is 2.03. The highest BCUT2D eigenvalue weighted by Gasteiger charge is 1.97. The Hall–Kier alpha value is -1.33. The molecule has 50 valence electrons. The lowest BCUT2D eigenvalue weighted by Gasteiger charge is -1.86. The summed E-state index contributed by atoms with van der Waals surface area (Å²) < 4.78 is 0. The van der Waals surface area contributed by atoms with Crippen molar-refractivity contribution in [3.05, 3.63) is 47.8 Å². The fourth-order valence-corrected chi connectivity index (χ4v) is 0.722. The highest BCUT2D eigenvalue weighted by atomic mass is 16.3. The molecule has 0 fully saturated rings. The third-order valence-electron chi connectivity index (χ3n) is 1.10. The van der Waals surface area contributed by atoms with Crippen molar-refractivity contribution >= 4 is 0 Å². The van der Waals surface area contributed by atoms with Crippen LogP contribution in [0.25, 0.3) is 0 Å². The summed E-state index contributed by atoms with van der Waals surface area (Å²) >= 11 is 0. The molecule has 0 aromatic carbocycles. The largest absolute Gasteiger partial charge is 0.512 e. The predicted molar refractivity (Wildman–Crippen MR) is 41.4 cm³/mol. The maximum atomic E-state index is 8.85. The molecule has 0 aliphatic heterocycles. The van der Waals surface area contributed by atoms with E-state index in [1.807, 2.05) is 24.6 Å². The van der Waals surface area contributed by atoms with E-state index < -0.39 is 0 Å². The third kappa shape index (κ3) is 1.88. The molecule has 1 nitrogen and oxygen atoms in total. The molecule has 1 N–H and O–H groups in total. The Morgan fingerprint density at radius 2 is 2.60 bits per heavy atom. The fourth-order valence-electron chi connectivity index (χ4n) is 0.722. The van der Waals surface area contributed by atoms with Gasteiger partial charge in [-0.15, -0.1) is 0 Å². The topological polar surface area (TPSA) is 20.2 Å². The number of hydrogen-bond acceptors (Lipinski definition) is 1. The molecule has 1 rings (SSSR count). The Morgan fingerprint density at radius 3 is 3.10 bits per heavy atom. The molecule has 1 aliphatic carbocycles. The molecule has 0 bridgehead atoms. The molecule has 0 unspecified atom stereocenters. The second-order valence-corrected chi connectivity index (χ2v) is 2.10. The highest BCUT2D eigenvalue weighted by Crippen LogP contribution is 2.05. The molecule has 0 heterocycles. The summed E-state index contributed by atoms with van der Waals surface area (Å²) in [5.41, 5.74) is 3.87. The maximum Gasteiger partial charge on any atom is 0.142 e. The van der Waals surface area contributed by atoms with Crippen LogP contribution in [0.1, 0.15) is 6.92 Å². The van der Waals surface area contributed by atoms with Gasteiger partial charge >= 0.3 is 0 Å². The van der Waals surface area contributed by atoms with Crippen molar-refractivity contribution in [3.8, 4) is 0 Å². The van der Waals surface area contributed by atoms with E-state index in [4.69, 9.17) is 5.11 Å². The molecular weight excluding hydrogens is 124 g/mol. The van der Waals surface area contributed by atoms with E-state index in [1.165, 1.54) is 0 Å². The van der Waals surface area contributed by atoms with E-state index >= 15 is 0 Å². The Bertz CT molecular complexity index is 233. The number of aliphatic hydroxyl groups excluding tert-OH is 1. The van der Waals surface area contributed by atoms with Gasteiger partial charge in [-0.25, -0.2) is 0 Å². The summed E-state index contributed by atoms with van der Waals surface area (Å²) in [5, 5.41) is 8.85. The lowest BCUT2D eigenvalue weighted by atomic mass is 10.1. The van der Waals surface area contributed by atoms with Crippen molar-refractivity contribution in [2.75, 3.05) is 0 Å². The molecule has 1 aliphatic rings. The van der Waals surface area contributed by atoms with Crippen LogP contribution in [0.3, 0.4) is 0 Å². The fraction of sp³-hybridized carbons (Fsp3) is 0.111. The van der Waals surface area contributed by atoms with Crippen LogP contribution in [0.5, 0.6) is 0 Å². The molecule has 0 saturated heterocycles. The molecule has 1 heteroatoms. The summed E-state index contributed by atoms with van der Waals surface area (Å²) in [6, 6.07) is 0. The number of hydrogen-bond donors (Lipinski definition) is 1. The highest BCUT2D eigenvalue weighted by molar-refractivity contribution is 5.36. The summed E-state index contributed by atoms with van der Waals surface area (Å²) in [6.07, 6.45) is 9.17. The molecule has 0 aromatic rings. The van der Waals surface area contributed by atoms with Gasteiger partial charge in [0.1, 0.15) is 11.6 Å². The Balaban J connectivity index is 2.83. The van der Waals surface area contributed by atoms with E-state index in [-0.39, 0.29) is 0 Å². The minimum atomic E-state index is 0.308. The van der Waals surface area contributed by atoms with Gasteiger partial charge in [0, 0.05) is 24.3 Å². The van der Waals surface area contributed by atoms with Gasteiger partial charge in [0.15, 0.2) is 0 Å². The molecule has 0 amide bonds. The van der Waals surface area contributed by atoms with Gasteiger partial charge in [0.25, 0.3) is 0 Å². The first-order valence-electron chi connectivity index (χ1n) is 3.13. The van der Waals surface area contributed by atoms with E-state index in [0.29, 0.717) is 5.76 Å². The summed E-state index contributed by atoms with van der Waals surface area (Å²) in [6.45, 7) is 1.64. The van der Waals surface area contributed by atoms with Crippen molar-refractivity contribution in [3.63, 3.8) is 0 Å². The van der Waals surface area contributed by atoms with E-state index in [0.717, 1.165) is 5.57 Å². The van der Waals surface area contributed by atoms with Crippen LogP contribution in [0, 0.1) is 6.42 Å². The SMILES string of the molecule is C/C(O)=C\C1=C=C[CH+]C=C1. The van der Waals surface area contributed by atoms with Crippen LogP contribution in [0.4, 0.5) is 0 Å². The number of rotatable bonds is 1. The Morgan fingerprint density at radius 1 is 1.80 bits per heavy atom. The van der Waals surface area contributed by atoms with Crippen LogP contribution in [-0.2, 0) is 0 Å². The Labute approximate surface area is 60.7 Å². The zero-order valence-corrected chi connectivity index (χ0v) is 5.83. The molecule has 0 spiro atoms. The van der Waals surface area contributed by atoms with E-state index in [2.05, 4.69) is 5.73 Å². The monoisotopic (exact) mass is 133 g/mol. The third-order valence-corrected chi connectivity index (χ3v) is 1.10. The van der Waals surface area contributed by atoms with Crippen molar-refractivity contribution < 1.29 is 5.11 Å². The molecule has 0 saturated carbocycles. The van der Waals surface area contributed by atoms with E-state index in [1.54, 1.807) is 13.0 Å². The zero-order chi connectivity index (χ0) is 7.40. The van der Waals surface area contributed by atoms with Gasteiger partial charge in [-0.2, -0.15) is 0 Å². The van der Waals surface area contributed by atoms with Crippen LogP contribution >= 0.6 is 0 Å². The summed E-state index contributed by atoms with van der Waals surface area (Å²) in [5.74, 6) is 0.308. The lowest BCUT2D eigenvalue weighted by Crippen LogP contribution is -1.77. The minimum Gasteiger partial charge on any atom is -0.512 e. The van der Waals surface area contributed by atoms with Gasteiger partial charge in [0.2, 0.25) is 0 Å². The average molecular weight is 133 g/mol. The van der Waals surface area contributed by atoms with Gasteiger partial charge in [-0.05, 0) is 6.92 Å². The van der Waals surface area contributed by atoms with Crippen molar-refractivity contribution in [2.24, 2.45) is 0 Å². The molecule has 0 radical (unpaired) electrons. The van der Waals surface area contributed by atoms with Gasteiger partial charge in [0.05, 0.1) is 11.8 Å².